The number of halogens is 3. The van der Waals surface area contributed by atoms with E-state index in [9.17, 15) is 0 Å². The van der Waals surface area contributed by atoms with Gasteiger partial charge >= 0.3 is 0 Å². The van der Waals surface area contributed by atoms with Gasteiger partial charge in [0, 0.05) is 35.1 Å². The Labute approximate surface area is 133 Å². The van der Waals surface area contributed by atoms with Crippen LogP contribution >= 0.6 is 34.8 Å². The standard InChI is InChI=1S/C14H16Cl3N3/c1-8-14(17)12(20(3)19-8)7-11(18-2)13-9(15)5-4-6-10(13)16/h4-6,11,18H,7H2,1-3H3. The fourth-order valence-electron chi connectivity index (χ4n) is 2.29. The van der Waals surface area contributed by atoms with Crippen molar-refractivity contribution in [1.29, 1.82) is 0 Å². The van der Waals surface area contributed by atoms with Crippen LogP contribution in [0.25, 0.3) is 0 Å². The van der Waals surface area contributed by atoms with Crippen LogP contribution in [0, 0.1) is 6.92 Å². The molecule has 0 aliphatic rings. The van der Waals surface area contributed by atoms with Crippen molar-refractivity contribution in [3.63, 3.8) is 0 Å². The maximum absolute atomic E-state index is 6.31. The third-order valence-corrected chi connectivity index (χ3v) is 4.51. The molecule has 0 aliphatic carbocycles. The first-order chi connectivity index (χ1) is 9.45. The van der Waals surface area contributed by atoms with Gasteiger partial charge in [-0.3, -0.25) is 4.68 Å². The van der Waals surface area contributed by atoms with Crippen LogP contribution in [0.15, 0.2) is 18.2 Å². The summed E-state index contributed by atoms with van der Waals surface area (Å²) in [5.74, 6) is 0. The minimum atomic E-state index is -0.0245. The number of aryl methyl sites for hydroxylation is 2. The molecule has 108 valence electrons. The van der Waals surface area contributed by atoms with Crippen molar-refractivity contribution >= 4 is 34.8 Å². The first kappa shape index (κ1) is 15.6. The van der Waals surface area contributed by atoms with Gasteiger partial charge in [0.15, 0.2) is 0 Å². The first-order valence-electron chi connectivity index (χ1n) is 6.24. The van der Waals surface area contributed by atoms with Gasteiger partial charge in [-0.15, -0.1) is 0 Å². The molecule has 0 saturated heterocycles. The van der Waals surface area contributed by atoms with Crippen LogP contribution in [0.5, 0.6) is 0 Å². The van der Waals surface area contributed by atoms with Gasteiger partial charge in [-0.1, -0.05) is 40.9 Å². The lowest BCUT2D eigenvalue weighted by atomic mass is 10.0. The van der Waals surface area contributed by atoms with Gasteiger partial charge in [0.1, 0.15) is 0 Å². The molecule has 1 aromatic heterocycles. The maximum atomic E-state index is 6.31. The minimum absolute atomic E-state index is 0.0245. The van der Waals surface area contributed by atoms with Crippen LogP contribution in [0.1, 0.15) is 23.0 Å². The van der Waals surface area contributed by atoms with E-state index in [1.54, 1.807) is 4.68 Å². The van der Waals surface area contributed by atoms with E-state index in [1.807, 2.05) is 39.2 Å². The second-order valence-corrected chi connectivity index (χ2v) is 5.84. The zero-order chi connectivity index (χ0) is 14.9. The molecule has 2 aromatic rings. The molecule has 0 spiro atoms. The molecule has 1 atom stereocenters. The van der Waals surface area contributed by atoms with E-state index in [4.69, 9.17) is 34.8 Å². The number of rotatable bonds is 4. The summed E-state index contributed by atoms with van der Waals surface area (Å²) in [6.45, 7) is 1.89. The zero-order valence-electron chi connectivity index (χ0n) is 11.5. The molecule has 6 heteroatoms. The van der Waals surface area contributed by atoms with E-state index in [0.29, 0.717) is 21.5 Å². The van der Waals surface area contributed by atoms with Gasteiger partial charge in [-0.05, 0) is 26.1 Å². The molecule has 0 fully saturated rings. The number of likely N-dealkylation sites (N-methyl/N-ethyl adjacent to an activating group) is 1. The molecular formula is C14H16Cl3N3. The number of nitrogens with one attached hydrogen (secondary N) is 1. The van der Waals surface area contributed by atoms with E-state index < -0.39 is 0 Å². The molecule has 3 nitrogen and oxygen atoms in total. The molecule has 2 rings (SSSR count). The third-order valence-electron chi connectivity index (χ3n) is 3.36. The van der Waals surface area contributed by atoms with Crippen molar-refractivity contribution in [3.05, 3.63) is 50.2 Å². The Bertz CT molecular complexity index is 602. The van der Waals surface area contributed by atoms with Crippen molar-refractivity contribution in [2.75, 3.05) is 7.05 Å². The molecule has 0 amide bonds. The lowest BCUT2D eigenvalue weighted by Gasteiger charge is -2.19. The van der Waals surface area contributed by atoms with E-state index in [1.165, 1.54) is 0 Å². The first-order valence-corrected chi connectivity index (χ1v) is 7.38. The van der Waals surface area contributed by atoms with Gasteiger partial charge in [0.25, 0.3) is 0 Å². The zero-order valence-corrected chi connectivity index (χ0v) is 13.8. The summed E-state index contributed by atoms with van der Waals surface area (Å²) < 4.78 is 1.80. The van der Waals surface area contributed by atoms with Gasteiger partial charge in [-0.2, -0.15) is 5.10 Å². The van der Waals surface area contributed by atoms with Crippen LogP contribution in [-0.2, 0) is 13.5 Å². The highest BCUT2D eigenvalue weighted by Gasteiger charge is 2.21. The number of nitrogens with zero attached hydrogens (tertiary/aromatic N) is 2. The number of hydrogen-bond donors (Lipinski definition) is 1. The Morgan fingerprint density at radius 3 is 2.30 bits per heavy atom. The summed E-state index contributed by atoms with van der Waals surface area (Å²) in [7, 11) is 3.76. The molecule has 1 unspecified atom stereocenters. The molecule has 20 heavy (non-hydrogen) atoms. The SMILES string of the molecule is CNC(Cc1c(Cl)c(C)nn1C)c1c(Cl)cccc1Cl. The predicted molar refractivity (Wildman–Crippen MR) is 84.9 cm³/mol. The van der Waals surface area contributed by atoms with Crippen LogP contribution in [0.4, 0.5) is 0 Å². The summed E-state index contributed by atoms with van der Waals surface area (Å²) in [5, 5.41) is 9.55. The fourth-order valence-corrected chi connectivity index (χ4v) is 3.19. The largest absolute Gasteiger partial charge is 0.313 e. The Hall–Kier alpha value is -0.740. The van der Waals surface area contributed by atoms with Crippen LogP contribution in [0.2, 0.25) is 15.1 Å². The van der Waals surface area contributed by atoms with E-state index in [2.05, 4.69) is 10.4 Å². The number of benzene rings is 1. The summed E-state index contributed by atoms with van der Waals surface area (Å²) in [6, 6.07) is 5.48. The lowest BCUT2D eigenvalue weighted by molar-refractivity contribution is 0.562. The summed E-state index contributed by atoms with van der Waals surface area (Å²) in [6.07, 6.45) is 0.663. The predicted octanol–water partition coefficient (Wildman–Crippen LogP) is 4.19. The Balaban J connectivity index is 2.39. The smallest absolute Gasteiger partial charge is 0.0847 e. The fraction of sp³-hybridized carbons (Fsp3) is 0.357. The second kappa shape index (κ2) is 6.35. The molecule has 0 saturated carbocycles. The Kier molecular flexibility index (Phi) is 4.97. The van der Waals surface area contributed by atoms with Crippen LogP contribution < -0.4 is 5.32 Å². The summed E-state index contributed by atoms with van der Waals surface area (Å²) in [4.78, 5) is 0. The molecule has 0 bridgehead atoms. The van der Waals surface area contributed by atoms with E-state index >= 15 is 0 Å². The van der Waals surface area contributed by atoms with Gasteiger partial charge in [0.05, 0.1) is 16.4 Å². The van der Waals surface area contributed by atoms with Crippen molar-refractivity contribution in [3.8, 4) is 0 Å². The highest BCUT2D eigenvalue weighted by Crippen LogP contribution is 2.33. The maximum Gasteiger partial charge on any atom is 0.0847 e. The van der Waals surface area contributed by atoms with Gasteiger partial charge in [0.2, 0.25) is 0 Å². The average Bonchev–Trinajstić information content (AvgIpc) is 2.63. The molecule has 0 aliphatic heterocycles. The minimum Gasteiger partial charge on any atom is -0.313 e. The van der Waals surface area contributed by atoms with Crippen molar-refractivity contribution in [1.82, 2.24) is 15.1 Å². The molecule has 1 aromatic carbocycles. The van der Waals surface area contributed by atoms with Crippen molar-refractivity contribution in [2.45, 2.75) is 19.4 Å². The molecule has 0 radical (unpaired) electrons. The average molecular weight is 333 g/mol. The number of hydrogen-bond acceptors (Lipinski definition) is 2. The normalized spacial score (nSPS) is 12.7. The number of aromatic nitrogens is 2. The Morgan fingerprint density at radius 2 is 1.85 bits per heavy atom. The van der Waals surface area contributed by atoms with Crippen molar-refractivity contribution in [2.24, 2.45) is 7.05 Å². The quantitative estimate of drug-likeness (QED) is 0.909. The monoisotopic (exact) mass is 331 g/mol. The highest BCUT2D eigenvalue weighted by molar-refractivity contribution is 6.36. The summed E-state index contributed by atoms with van der Waals surface area (Å²) in [5.41, 5.74) is 2.66. The van der Waals surface area contributed by atoms with Gasteiger partial charge in [-0.25, -0.2) is 0 Å². The summed E-state index contributed by atoms with van der Waals surface area (Å²) >= 11 is 18.9. The van der Waals surface area contributed by atoms with E-state index in [-0.39, 0.29) is 6.04 Å². The molecular weight excluding hydrogens is 317 g/mol. The van der Waals surface area contributed by atoms with Crippen LogP contribution in [0.3, 0.4) is 0 Å². The topological polar surface area (TPSA) is 29.9 Å². The molecule has 1 N–H and O–H groups in total. The Morgan fingerprint density at radius 1 is 1.25 bits per heavy atom. The van der Waals surface area contributed by atoms with Crippen LogP contribution in [-0.4, -0.2) is 16.8 Å². The lowest BCUT2D eigenvalue weighted by Crippen LogP contribution is -2.21. The second-order valence-electron chi connectivity index (χ2n) is 4.65. The van der Waals surface area contributed by atoms with Crippen molar-refractivity contribution < 1.29 is 0 Å². The van der Waals surface area contributed by atoms with E-state index in [0.717, 1.165) is 17.0 Å². The molecule has 1 heterocycles. The third kappa shape index (κ3) is 2.96. The highest BCUT2D eigenvalue weighted by atomic mass is 35.5. The van der Waals surface area contributed by atoms with Gasteiger partial charge < -0.3 is 5.32 Å².